The van der Waals surface area contributed by atoms with Crippen molar-refractivity contribution in [3.8, 4) is 11.5 Å². The van der Waals surface area contributed by atoms with Gasteiger partial charge in [0.05, 0.1) is 34.5 Å². The van der Waals surface area contributed by atoms with E-state index < -0.39 is 67.3 Å². The number of fused-ring (bicyclic) bond motifs is 1. The van der Waals surface area contributed by atoms with Gasteiger partial charge in [0.25, 0.3) is 5.89 Å². The van der Waals surface area contributed by atoms with Crippen LogP contribution in [0, 0.1) is 5.82 Å². The van der Waals surface area contributed by atoms with E-state index in [0.29, 0.717) is 23.6 Å². The first kappa shape index (κ1) is 26.0. The zero-order valence-corrected chi connectivity index (χ0v) is 20.0. The number of nitrogens with zero attached hydrogens (tertiary/aromatic N) is 3. The first-order valence-corrected chi connectivity index (χ1v) is 12.2. The van der Waals surface area contributed by atoms with Crippen molar-refractivity contribution in [2.45, 2.75) is 36.1 Å². The molecule has 1 aliphatic rings. The average Bonchev–Trinajstić information content (AvgIpc) is 3.26. The van der Waals surface area contributed by atoms with Gasteiger partial charge >= 0.3 is 6.18 Å². The van der Waals surface area contributed by atoms with E-state index in [1.54, 1.807) is 24.3 Å². The molecule has 0 saturated carbocycles. The first-order chi connectivity index (χ1) is 16.6. The molecule has 15 heteroatoms. The predicted molar refractivity (Wildman–Crippen MR) is 120 cm³/mol. The second kappa shape index (κ2) is 8.80. The molecule has 2 atom stereocenters. The number of nitrogens with two attached hydrogens (primary N) is 2. The molecule has 0 spiro atoms. The molecule has 9 nitrogen and oxygen atoms in total. The summed E-state index contributed by atoms with van der Waals surface area (Å²) in [5.41, 5.74) is 7.84. The van der Waals surface area contributed by atoms with Crippen LogP contribution in [0.2, 0.25) is 5.02 Å². The Balaban J connectivity index is 1.88. The van der Waals surface area contributed by atoms with E-state index in [1.807, 2.05) is 0 Å². The van der Waals surface area contributed by atoms with Crippen LogP contribution < -0.4 is 16.4 Å². The Morgan fingerprint density at radius 1 is 1.19 bits per heavy atom. The van der Waals surface area contributed by atoms with Gasteiger partial charge in [-0.25, -0.2) is 12.8 Å². The van der Waals surface area contributed by atoms with Gasteiger partial charge < -0.3 is 20.8 Å². The van der Waals surface area contributed by atoms with Gasteiger partial charge in [-0.05, 0) is 36.8 Å². The van der Waals surface area contributed by atoms with E-state index in [2.05, 4.69) is 10.2 Å². The number of amides is 1. The van der Waals surface area contributed by atoms with Crippen LogP contribution in [0.25, 0.3) is 11.5 Å². The lowest BCUT2D eigenvalue weighted by Crippen LogP contribution is -2.48. The molecule has 0 bridgehead atoms. The van der Waals surface area contributed by atoms with Crippen LogP contribution >= 0.6 is 11.6 Å². The zero-order chi connectivity index (χ0) is 26.6. The van der Waals surface area contributed by atoms with Crippen molar-refractivity contribution >= 4 is 33.0 Å². The van der Waals surface area contributed by atoms with Crippen LogP contribution in [0.15, 0.2) is 45.7 Å². The summed E-state index contributed by atoms with van der Waals surface area (Å²) < 4.78 is 85.7. The molecule has 1 amide bonds. The number of benzene rings is 2. The molecule has 36 heavy (non-hydrogen) atoms. The number of hydrogen-bond acceptors (Lipinski definition) is 8. The van der Waals surface area contributed by atoms with Gasteiger partial charge in [-0.3, -0.25) is 4.79 Å². The van der Waals surface area contributed by atoms with E-state index in [9.17, 15) is 26.4 Å². The third kappa shape index (κ3) is 4.56. The Labute approximate surface area is 206 Å². The second-order valence-electron chi connectivity index (χ2n) is 8.35. The summed E-state index contributed by atoms with van der Waals surface area (Å²) in [6, 6.07) is 6.40. The van der Waals surface area contributed by atoms with Gasteiger partial charge in [0, 0.05) is 5.02 Å². The van der Waals surface area contributed by atoms with E-state index in [0.717, 1.165) is 11.0 Å². The van der Waals surface area contributed by atoms with E-state index in [1.165, 1.54) is 0 Å². The van der Waals surface area contributed by atoms with E-state index in [4.69, 9.17) is 27.5 Å². The number of sulfone groups is 1. The maximum atomic E-state index is 15.1. The number of rotatable bonds is 4. The summed E-state index contributed by atoms with van der Waals surface area (Å²) in [7, 11) is -4.24. The van der Waals surface area contributed by atoms with Gasteiger partial charge in [0.2, 0.25) is 11.8 Å². The van der Waals surface area contributed by atoms with Crippen LogP contribution in [0.1, 0.15) is 18.4 Å². The average molecular weight is 548 g/mol. The summed E-state index contributed by atoms with van der Waals surface area (Å²) in [5, 5.41) is 7.17. The van der Waals surface area contributed by atoms with E-state index >= 15 is 4.39 Å². The lowest BCUT2D eigenvalue weighted by atomic mass is 10.0. The molecule has 0 fully saturated rings. The number of aromatic nitrogens is 2. The highest BCUT2D eigenvalue weighted by molar-refractivity contribution is 7.91. The SMILES string of the molecule is CC(N)(c1nnc(-c2cc3c(cc2F)S(=O)(=O)C[C@H](N)C(=O)N3Cc2ccc(Cl)cc2)o1)C(F)(F)F. The number of anilines is 1. The van der Waals surface area contributed by atoms with E-state index in [-0.39, 0.29) is 12.2 Å². The molecule has 0 radical (unpaired) electrons. The lowest BCUT2D eigenvalue weighted by Gasteiger charge is -2.24. The highest BCUT2D eigenvalue weighted by Gasteiger charge is 2.53. The second-order valence-corrected chi connectivity index (χ2v) is 10.8. The highest BCUT2D eigenvalue weighted by atomic mass is 35.5. The van der Waals surface area contributed by atoms with Crippen molar-refractivity contribution in [1.29, 1.82) is 0 Å². The molecule has 0 aliphatic carbocycles. The van der Waals surface area contributed by atoms with Crippen molar-refractivity contribution < 1.29 is 35.2 Å². The molecule has 2 heterocycles. The Hall–Kier alpha value is -3.07. The molecular formula is C21H18ClF4N5O4S. The number of alkyl halides is 3. The number of halogens is 5. The largest absolute Gasteiger partial charge is 0.418 e. The van der Waals surface area contributed by atoms with Gasteiger partial charge in [-0.2, -0.15) is 13.2 Å². The zero-order valence-electron chi connectivity index (χ0n) is 18.4. The Kier molecular flexibility index (Phi) is 6.35. The molecule has 4 rings (SSSR count). The fraction of sp³-hybridized carbons (Fsp3) is 0.286. The number of carbonyl (C=O) groups excluding carboxylic acids is 1. The molecule has 1 unspecified atom stereocenters. The van der Waals surface area contributed by atoms with Crippen LogP contribution in [0.3, 0.4) is 0 Å². The first-order valence-electron chi connectivity index (χ1n) is 10.2. The Morgan fingerprint density at radius 2 is 1.83 bits per heavy atom. The summed E-state index contributed by atoms with van der Waals surface area (Å²) in [6.07, 6.45) is -4.96. The van der Waals surface area contributed by atoms with Crippen LogP contribution in [-0.2, 0) is 26.7 Å². The maximum Gasteiger partial charge on any atom is 0.415 e. The number of carbonyl (C=O) groups is 1. The summed E-state index contributed by atoms with van der Waals surface area (Å²) in [4.78, 5) is 13.6. The van der Waals surface area contributed by atoms with Crippen molar-refractivity contribution in [3.63, 3.8) is 0 Å². The van der Waals surface area contributed by atoms with Crippen molar-refractivity contribution in [2.24, 2.45) is 11.5 Å². The van der Waals surface area contributed by atoms with Crippen molar-refractivity contribution in [2.75, 3.05) is 10.7 Å². The molecule has 4 N–H and O–H groups in total. The molecule has 2 aromatic carbocycles. The minimum absolute atomic E-state index is 0.165. The van der Waals surface area contributed by atoms with Crippen molar-refractivity contribution in [1.82, 2.24) is 10.2 Å². The Bertz CT molecular complexity index is 1440. The lowest BCUT2D eigenvalue weighted by molar-refractivity contribution is -0.190. The highest BCUT2D eigenvalue weighted by Crippen LogP contribution is 2.39. The predicted octanol–water partition coefficient (Wildman–Crippen LogP) is 2.91. The minimum Gasteiger partial charge on any atom is -0.418 e. The molecule has 3 aromatic rings. The van der Waals surface area contributed by atoms with Crippen LogP contribution in [0.4, 0.5) is 23.2 Å². The third-order valence-electron chi connectivity index (χ3n) is 5.60. The maximum absolute atomic E-state index is 15.1. The third-order valence-corrected chi connectivity index (χ3v) is 7.65. The number of hydrogen-bond donors (Lipinski definition) is 2. The van der Waals surface area contributed by atoms with Crippen molar-refractivity contribution in [3.05, 3.63) is 58.7 Å². The van der Waals surface area contributed by atoms with Gasteiger partial charge in [0.1, 0.15) is 5.82 Å². The molecule has 1 aliphatic heterocycles. The molecule has 0 saturated heterocycles. The molecule has 1 aromatic heterocycles. The molecule has 192 valence electrons. The Morgan fingerprint density at radius 3 is 2.44 bits per heavy atom. The molecular weight excluding hydrogens is 530 g/mol. The normalized spacial score (nSPS) is 19.5. The van der Waals surface area contributed by atoms with Gasteiger partial charge in [-0.1, -0.05) is 23.7 Å². The van der Waals surface area contributed by atoms with Gasteiger partial charge in [0.15, 0.2) is 15.4 Å². The standard InChI is InChI=1S/C21H18ClF4N5O4S/c1-20(28,21(24,25)26)19-30-29-17(35-19)12-6-15-16(7-13(12)23)36(33,34)9-14(27)18(32)31(15)8-10-2-4-11(22)5-3-10/h2-7,14H,8-9,27-28H2,1H3/t14-,20?/m0/s1. The van der Waals surface area contributed by atoms with Gasteiger partial charge in [-0.15, -0.1) is 10.2 Å². The van der Waals surface area contributed by atoms with Crippen LogP contribution in [-0.4, -0.2) is 42.5 Å². The monoisotopic (exact) mass is 547 g/mol. The topological polar surface area (TPSA) is 145 Å². The quantitative estimate of drug-likeness (QED) is 0.474. The fourth-order valence-corrected chi connectivity index (χ4v) is 5.17. The smallest absolute Gasteiger partial charge is 0.415 e. The van der Waals surface area contributed by atoms with Crippen LogP contribution in [0.5, 0.6) is 0 Å². The summed E-state index contributed by atoms with van der Waals surface area (Å²) in [5.74, 6) is -4.48. The summed E-state index contributed by atoms with van der Waals surface area (Å²) in [6.45, 7) is 0.430. The minimum atomic E-state index is -4.96. The summed E-state index contributed by atoms with van der Waals surface area (Å²) >= 11 is 5.89. The fourth-order valence-electron chi connectivity index (χ4n) is 3.48.